The summed E-state index contributed by atoms with van der Waals surface area (Å²) in [4.78, 5) is 13.8. The van der Waals surface area contributed by atoms with Crippen LogP contribution in [0, 0.1) is 0 Å². The van der Waals surface area contributed by atoms with E-state index in [1.54, 1.807) is 0 Å². The zero-order chi connectivity index (χ0) is 11.3. The van der Waals surface area contributed by atoms with Crippen molar-refractivity contribution >= 4 is 5.97 Å². The van der Waals surface area contributed by atoms with Gasteiger partial charge in [0.15, 0.2) is 0 Å². The van der Waals surface area contributed by atoms with Crippen molar-refractivity contribution in [3.05, 3.63) is 0 Å². The van der Waals surface area contributed by atoms with Gasteiger partial charge < -0.3 is 9.64 Å². The molecule has 0 atom stereocenters. The molecule has 0 radical (unpaired) electrons. The molecule has 1 saturated carbocycles. The summed E-state index contributed by atoms with van der Waals surface area (Å²) in [5.74, 6) is -0.0481. The lowest BCUT2D eigenvalue weighted by molar-refractivity contribution is -0.146. The Morgan fingerprint density at radius 3 is 2.33 bits per heavy atom. The van der Waals surface area contributed by atoms with Gasteiger partial charge >= 0.3 is 5.97 Å². The number of rotatable bonds is 4. The van der Waals surface area contributed by atoms with Crippen LogP contribution in [0.5, 0.6) is 0 Å². The summed E-state index contributed by atoms with van der Waals surface area (Å²) < 4.78 is 5.05. The van der Waals surface area contributed by atoms with E-state index in [9.17, 15) is 4.79 Å². The van der Waals surface area contributed by atoms with Crippen LogP contribution >= 0.6 is 0 Å². The Balaban J connectivity index is 2.60. The fourth-order valence-electron chi connectivity index (χ4n) is 2.47. The van der Waals surface area contributed by atoms with Crippen molar-refractivity contribution in [2.45, 2.75) is 51.0 Å². The summed E-state index contributed by atoms with van der Waals surface area (Å²) in [7, 11) is 4.15. The Morgan fingerprint density at radius 1 is 1.27 bits per heavy atom. The molecule has 0 unspecified atom stereocenters. The fourth-order valence-corrected chi connectivity index (χ4v) is 2.47. The molecule has 0 amide bonds. The van der Waals surface area contributed by atoms with Crippen molar-refractivity contribution in [1.29, 1.82) is 0 Å². The number of hydrogen-bond donors (Lipinski definition) is 0. The van der Waals surface area contributed by atoms with Gasteiger partial charge in [0.05, 0.1) is 13.0 Å². The SMILES string of the molecule is CCOC(=O)CC1(N(C)C)CCCCC1. The first kappa shape index (κ1) is 12.5. The molecule has 0 spiro atoms. The topological polar surface area (TPSA) is 29.5 Å². The van der Waals surface area contributed by atoms with Gasteiger partial charge in [0.2, 0.25) is 0 Å². The van der Waals surface area contributed by atoms with E-state index < -0.39 is 0 Å². The first-order chi connectivity index (χ1) is 7.10. The van der Waals surface area contributed by atoms with Crippen molar-refractivity contribution in [2.75, 3.05) is 20.7 Å². The minimum Gasteiger partial charge on any atom is -0.466 e. The van der Waals surface area contributed by atoms with Crippen LogP contribution < -0.4 is 0 Å². The molecule has 0 heterocycles. The van der Waals surface area contributed by atoms with Crippen LogP contribution in [0.3, 0.4) is 0 Å². The summed E-state index contributed by atoms with van der Waals surface area (Å²) in [6, 6.07) is 0. The highest BCUT2D eigenvalue weighted by molar-refractivity contribution is 5.70. The Labute approximate surface area is 92.8 Å². The molecule has 0 aromatic rings. The number of hydrogen-bond acceptors (Lipinski definition) is 3. The molecule has 0 aromatic heterocycles. The van der Waals surface area contributed by atoms with Crippen LogP contribution in [0.15, 0.2) is 0 Å². The zero-order valence-electron chi connectivity index (χ0n) is 10.2. The summed E-state index contributed by atoms with van der Waals surface area (Å²) >= 11 is 0. The van der Waals surface area contributed by atoms with Gasteiger partial charge in [-0.25, -0.2) is 0 Å². The van der Waals surface area contributed by atoms with Gasteiger partial charge in [-0.1, -0.05) is 19.3 Å². The minimum atomic E-state index is -0.0481. The second-order valence-corrected chi connectivity index (χ2v) is 4.66. The van der Waals surface area contributed by atoms with Gasteiger partial charge in [0.25, 0.3) is 0 Å². The van der Waals surface area contributed by atoms with E-state index in [1.165, 1.54) is 19.3 Å². The standard InChI is InChI=1S/C12H23NO2/c1-4-15-11(14)10-12(13(2)3)8-6-5-7-9-12/h4-10H2,1-3H3. The molecular formula is C12H23NO2. The third-order valence-corrected chi connectivity index (χ3v) is 3.51. The number of carbonyl (C=O) groups is 1. The molecule has 3 nitrogen and oxygen atoms in total. The highest BCUT2D eigenvalue weighted by Gasteiger charge is 2.36. The van der Waals surface area contributed by atoms with Crippen LogP contribution in [0.4, 0.5) is 0 Å². The van der Waals surface area contributed by atoms with Crippen molar-refractivity contribution in [3.63, 3.8) is 0 Å². The Bertz CT molecular complexity index is 208. The van der Waals surface area contributed by atoms with Gasteiger partial charge in [0.1, 0.15) is 0 Å². The molecule has 88 valence electrons. The maximum Gasteiger partial charge on any atom is 0.307 e. The predicted octanol–water partition coefficient (Wildman–Crippen LogP) is 2.20. The predicted molar refractivity (Wildman–Crippen MR) is 60.8 cm³/mol. The molecule has 1 fully saturated rings. The molecule has 3 heteroatoms. The summed E-state index contributed by atoms with van der Waals surface area (Å²) in [6.45, 7) is 2.35. The van der Waals surface area contributed by atoms with Gasteiger partial charge in [-0.2, -0.15) is 0 Å². The van der Waals surface area contributed by atoms with Crippen LogP contribution in [0.2, 0.25) is 0 Å². The van der Waals surface area contributed by atoms with Crippen molar-refractivity contribution < 1.29 is 9.53 Å². The highest BCUT2D eigenvalue weighted by atomic mass is 16.5. The number of ether oxygens (including phenoxy) is 1. The molecule has 1 aliphatic carbocycles. The maximum atomic E-state index is 11.6. The van der Waals surface area contributed by atoms with Crippen LogP contribution in [0.25, 0.3) is 0 Å². The Hall–Kier alpha value is -0.570. The minimum absolute atomic E-state index is 0.0481. The van der Waals surface area contributed by atoms with E-state index in [1.807, 2.05) is 6.92 Å². The average Bonchev–Trinajstić information content (AvgIpc) is 2.19. The molecule has 1 rings (SSSR count). The average molecular weight is 213 g/mol. The lowest BCUT2D eigenvalue weighted by Gasteiger charge is -2.42. The lowest BCUT2D eigenvalue weighted by Crippen LogP contribution is -2.47. The summed E-state index contributed by atoms with van der Waals surface area (Å²) in [5, 5.41) is 0. The van der Waals surface area contributed by atoms with Crippen LogP contribution in [-0.4, -0.2) is 37.1 Å². The second kappa shape index (κ2) is 5.50. The highest BCUT2D eigenvalue weighted by Crippen LogP contribution is 2.35. The summed E-state index contributed by atoms with van der Waals surface area (Å²) in [5.41, 5.74) is 0.0600. The third-order valence-electron chi connectivity index (χ3n) is 3.51. The molecule has 15 heavy (non-hydrogen) atoms. The molecule has 0 aromatic carbocycles. The quantitative estimate of drug-likeness (QED) is 0.670. The first-order valence-corrected chi connectivity index (χ1v) is 5.94. The van der Waals surface area contributed by atoms with Crippen molar-refractivity contribution in [1.82, 2.24) is 4.90 Å². The maximum absolute atomic E-state index is 11.6. The van der Waals surface area contributed by atoms with E-state index in [4.69, 9.17) is 4.74 Å². The monoisotopic (exact) mass is 213 g/mol. The van der Waals surface area contributed by atoms with E-state index >= 15 is 0 Å². The smallest absolute Gasteiger partial charge is 0.307 e. The van der Waals surface area contributed by atoms with E-state index in [2.05, 4.69) is 19.0 Å². The molecule has 0 saturated heterocycles. The Morgan fingerprint density at radius 2 is 1.87 bits per heavy atom. The van der Waals surface area contributed by atoms with E-state index in [0.717, 1.165) is 12.8 Å². The first-order valence-electron chi connectivity index (χ1n) is 5.94. The zero-order valence-corrected chi connectivity index (χ0v) is 10.2. The van der Waals surface area contributed by atoms with Gasteiger partial charge in [-0.3, -0.25) is 4.79 Å². The number of nitrogens with zero attached hydrogens (tertiary/aromatic N) is 1. The van der Waals surface area contributed by atoms with Crippen molar-refractivity contribution in [3.8, 4) is 0 Å². The lowest BCUT2D eigenvalue weighted by atomic mass is 9.78. The number of esters is 1. The fraction of sp³-hybridized carbons (Fsp3) is 0.917. The molecule has 0 bridgehead atoms. The van der Waals surface area contributed by atoms with Crippen LogP contribution in [-0.2, 0) is 9.53 Å². The molecular weight excluding hydrogens is 190 g/mol. The Kier molecular flexibility index (Phi) is 4.58. The second-order valence-electron chi connectivity index (χ2n) is 4.66. The van der Waals surface area contributed by atoms with E-state index in [-0.39, 0.29) is 11.5 Å². The van der Waals surface area contributed by atoms with E-state index in [0.29, 0.717) is 13.0 Å². The van der Waals surface area contributed by atoms with Crippen molar-refractivity contribution in [2.24, 2.45) is 0 Å². The van der Waals surface area contributed by atoms with Gasteiger partial charge in [0, 0.05) is 5.54 Å². The third kappa shape index (κ3) is 3.20. The van der Waals surface area contributed by atoms with Crippen LogP contribution in [0.1, 0.15) is 45.4 Å². The molecule has 0 N–H and O–H groups in total. The molecule has 0 aliphatic heterocycles. The van der Waals surface area contributed by atoms with Gasteiger partial charge in [-0.15, -0.1) is 0 Å². The molecule has 1 aliphatic rings. The van der Waals surface area contributed by atoms with Gasteiger partial charge in [-0.05, 0) is 33.9 Å². The largest absolute Gasteiger partial charge is 0.466 e. The number of carbonyl (C=O) groups excluding carboxylic acids is 1. The summed E-state index contributed by atoms with van der Waals surface area (Å²) in [6.07, 6.45) is 6.57. The normalized spacial score (nSPS) is 20.3.